The predicted octanol–water partition coefficient (Wildman–Crippen LogP) is 6.22. The van der Waals surface area contributed by atoms with Gasteiger partial charge in [0, 0.05) is 23.6 Å². The fourth-order valence-electron chi connectivity index (χ4n) is 5.78. The second-order valence-electron chi connectivity index (χ2n) is 9.91. The van der Waals surface area contributed by atoms with Gasteiger partial charge in [0.05, 0.1) is 6.61 Å². The summed E-state index contributed by atoms with van der Waals surface area (Å²) in [4.78, 5) is 17.9. The second kappa shape index (κ2) is 10.7. The molecule has 1 saturated heterocycles. The van der Waals surface area contributed by atoms with Gasteiger partial charge < -0.3 is 14.5 Å². The van der Waals surface area contributed by atoms with Crippen molar-refractivity contribution in [2.75, 3.05) is 31.1 Å². The summed E-state index contributed by atoms with van der Waals surface area (Å²) < 4.78 is 5.83. The maximum atomic E-state index is 13.2. The Morgan fingerprint density at radius 1 is 1.06 bits per heavy atom. The van der Waals surface area contributed by atoms with Crippen molar-refractivity contribution < 1.29 is 9.53 Å². The number of fused-ring (bicyclic) bond motifs is 1. The van der Waals surface area contributed by atoms with Crippen LogP contribution in [0.25, 0.3) is 0 Å². The summed E-state index contributed by atoms with van der Waals surface area (Å²) in [6.07, 6.45) is 4.51. The van der Waals surface area contributed by atoms with Crippen LogP contribution in [0.2, 0.25) is 0 Å². The Kier molecular flexibility index (Phi) is 7.75. The lowest BCUT2D eigenvalue weighted by Crippen LogP contribution is -2.42. The lowest BCUT2D eigenvalue weighted by Gasteiger charge is -2.34. The van der Waals surface area contributed by atoms with Crippen molar-refractivity contribution in [3.05, 3.63) is 59.7 Å². The molecular formula is C29H40N2O2. The van der Waals surface area contributed by atoms with Crippen LogP contribution in [0, 0.1) is 5.92 Å². The molecule has 0 saturated carbocycles. The molecule has 0 spiro atoms. The van der Waals surface area contributed by atoms with Gasteiger partial charge in [0.25, 0.3) is 0 Å². The first-order chi connectivity index (χ1) is 16.0. The van der Waals surface area contributed by atoms with Gasteiger partial charge in [-0.25, -0.2) is 0 Å². The van der Waals surface area contributed by atoms with Crippen LogP contribution in [0.3, 0.4) is 0 Å². The maximum absolute atomic E-state index is 13.2. The average Bonchev–Trinajstić information content (AvgIpc) is 3.15. The number of piperidine rings is 1. The van der Waals surface area contributed by atoms with Crippen LogP contribution < -0.4 is 9.64 Å². The molecule has 2 aromatic carbocycles. The van der Waals surface area contributed by atoms with Crippen molar-refractivity contribution in [2.45, 2.75) is 71.3 Å². The Hall–Kier alpha value is -2.33. The monoisotopic (exact) mass is 448 g/mol. The van der Waals surface area contributed by atoms with Gasteiger partial charge in [0.15, 0.2) is 0 Å². The van der Waals surface area contributed by atoms with Crippen molar-refractivity contribution >= 4 is 11.6 Å². The molecule has 0 aromatic heterocycles. The van der Waals surface area contributed by atoms with Crippen LogP contribution in [0.5, 0.6) is 5.75 Å². The van der Waals surface area contributed by atoms with Crippen LogP contribution in [0.4, 0.5) is 5.69 Å². The van der Waals surface area contributed by atoms with Gasteiger partial charge in [-0.2, -0.15) is 0 Å². The van der Waals surface area contributed by atoms with E-state index in [0.29, 0.717) is 18.4 Å². The zero-order valence-corrected chi connectivity index (χ0v) is 20.8. The third kappa shape index (κ3) is 5.11. The lowest BCUT2D eigenvalue weighted by molar-refractivity contribution is -0.121. The minimum absolute atomic E-state index is 0.00534. The van der Waals surface area contributed by atoms with Crippen LogP contribution in [0.15, 0.2) is 48.5 Å². The summed E-state index contributed by atoms with van der Waals surface area (Å²) in [7, 11) is 0. The first kappa shape index (κ1) is 23.8. The average molecular weight is 449 g/mol. The third-order valence-electron chi connectivity index (χ3n) is 7.53. The molecule has 2 unspecified atom stereocenters. The molecule has 4 heteroatoms. The quantitative estimate of drug-likeness (QED) is 0.481. The minimum Gasteiger partial charge on any atom is -0.494 e. The number of benzene rings is 2. The van der Waals surface area contributed by atoms with Crippen LogP contribution >= 0.6 is 0 Å². The van der Waals surface area contributed by atoms with E-state index in [-0.39, 0.29) is 17.9 Å². The minimum atomic E-state index is -0.00534. The van der Waals surface area contributed by atoms with Crippen molar-refractivity contribution in [1.82, 2.24) is 4.90 Å². The normalized spacial score (nSPS) is 21.4. The highest BCUT2D eigenvalue weighted by Gasteiger charge is 2.41. The van der Waals surface area contributed by atoms with Gasteiger partial charge in [-0.3, -0.25) is 4.79 Å². The van der Waals surface area contributed by atoms with Gasteiger partial charge in [0.2, 0.25) is 5.91 Å². The standard InChI is InChI=1S/C29H40N2O2/c1-5-27-25(16-19-30-17-14-23(15-18-30)22-10-8-7-9-11-22)26-20-24(33-6-2)12-13-28(26)31(27)29(32)21(3)4/h7-13,20-21,23,25,27H,5-6,14-19H2,1-4H3. The van der Waals surface area contributed by atoms with Gasteiger partial charge >= 0.3 is 0 Å². The number of carbonyl (C=O) groups excluding carboxylic acids is 1. The zero-order chi connectivity index (χ0) is 23.4. The smallest absolute Gasteiger partial charge is 0.229 e. The molecule has 0 aliphatic carbocycles. The van der Waals surface area contributed by atoms with E-state index >= 15 is 0 Å². The molecule has 33 heavy (non-hydrogen) atoms. The van der Waals surface area contributed by atoms with E-state index in [1.54, 1.807) is 0 Å². The molecule has 2 atom stereocenters. The SMILES string of the molecule is CCOc1ccc2c(c1)C(CCN1CCC(c3ccccc3)CC1)C(CC)N2C(=O)C(C)C. The van der Waals surface area contributed by atoms with E-state index in [0.717, 1.165) is 43.9 Å². The Balaban J connectivity index is 1.47. The highest BCUT2D eigenvalue weighted by molar-refractivity contribution is 5.98. The van der Waals surface area contributed by atoms with E-state index in [4.69, 9.17) is 4.74 Å². The van der Waals surface area contributed by atoms with Crippen molar-refractivity contribution in [2.24, 2.45) is 5.92 Å². The predicted molar refractivity (Wildman–Crippen MR) is 136 cm³/mol. The van der Waals surface area contributed by atoms with Gasteiger partial charge in [-0.05, 0) is 87.5 Å². The first-order valence-electron chi connectivity index (χ1n) is 12.9. The van der Waals surface area contributed by atoms with Crippen molar-refractivity contribution in [1.29, 1.82) is 0 Å². The van der Waals surface area contributed by atoms with Crippen molar-refractivity contribution in [3.8, 4) is 5.75 Å². The maximum Gasteiger partial charge on any atom is 0.229 e. The zero-order valence-electron chi connectivity index (χ0n) is 20.8. The fraction of sp³-hybridized carbons (Fsp3) is 0.552. The molecule has 2 aliphatic heterocycles. The summed E-state index contributed by atoms with van der Waals surface area (Å²) in [5.74, 6) is 2.19. The Labute approximate surface area is 199 Å². The molecule has 1 amide bonds. The van der Waals surface area contributed by atoms with Crippen LogP contribution in [-0.4, -0.2) is 43.1 Å². The second-order valence-corrected chi connectivity index (χ2v) is 9.91. The van der Waals surface area contributed by atoms with Gasteiger partial charge in [-0.15, -0.1) is 0 Å². The number of likely N-dealkylation sites (tertiary alicyclic amines) is 1. The highest BCUT2D eigenvalue weighted by atomic mass is 16.5. The van der Waals surface area contributed by atoms with E-state index in [1.807, 2.05) is 26.8 Å². The molecule has 178 valence electrons. The number of ether oxygens (including phenoxy) is 1. The Morgan fingerprint density at radius 2 is 1.79 bits per heavy atom. The first-order valence-corrected chi connectivity index (χ1v) is 12.9. The van der Waals surface area contributed by atoms with Crippen LogP contribution in [0.1, 0.15) is 76.3 Å². The summed E-state index contributed by atoms with van der Waals surface area (Å²) >= 11 is 0. The molecule has 0 bridgehead atoms. The number of nitrogens with zero attached hydrogens (tertiary/aromatic N) is 2. The molecule has 0 N–H and O–H groups in total. The highest BCUT2D eigenvalue weighted by Crippen LogP contribution is 2.46. The summed E-state index contributed by atoms with van der Waals surface area (Å²) in [5, 5.41) is 0. The molecule has 4 nitrogen and oxygen atoms in total. The van der Waals surface area contributed by atoms with Gasteiger partial charge in [-0.1, -0.05) is 51.1 Å². The molecular weight excluding hydrogens is 408 g/mol. The fourth-order valence-corrected chi connectivity index (χ4v) is 5.78. The number of anilines is 1. The van der Waals surface area contributed by atoms with E-state index in [9.17, 15) is 4.79 Å². The van der Waals surface area contributed by atoms with Crippen molar-refractivity contribution in [3.63, 3.8) is 0 Å². The van der Waals surface area contributed by atoms with E-state index in [2.05, 4.69) is 59.2 Å². The summed E-state index contributed by atoms with van der Waals surface area (Å²) in [5.41, 5.74) is 3.87. The number of rotatable bonds is 8. The molecule has 2 aliphatic rings. The molecule has 0 radical (unpaired) electrons. The van der Waals surface area contributed by atoms with E-state index in [1.165, 1.54) is 24.0 Å². The third-order valence-corrected chi connectivity index (χ3v) is 7.53. The molecule has 2 heterocycles. The number of hydrogen-bond acceptors (Lipinski definition) is 3. The summed E-state index contributed by atoms with van der Waals surface area (Å²) in [6, 6.07) is 17.5. The van der Waals surface area contributed by atoms with Gasteiger partial charge in [0.1, 0.15) is 5.75 Å². The number of carbonyl (C=O) groups is 1. The Morgan fingerprint density at radius 3 is 2.42 bits per heavy atom. The lowest BCUT2D eigenvalue weighted by atomic mass is 9.87. The molecule has 1 fully saturated rings. The number of amides is 1. The topological polar surface area (TPSA) is 32.8 Å². The molecule has 2 aromatic rings. The Bertz CT molecular complexity index is 918. The number of hydrogen-bond donors (Lipinski definition) is 0. The largest absolute Gasteiger partial charge is 0.494 e. The molecule has 4 rings (SSSR count). The van der Waals surface area contributed by atoms with E-state index < -0.39 is 0 Å². The summed E-state index contributed by atoms with van der Waals surface area (Å²) in [6.45, 7) is 12.3. The van der Waals surface area contributed by atoms with Crippen LogP contribution in [-0.2, 0) is 4.79 Å².